The van der Waals surface area contributed by atoms with Gasteiger partial charge in [-0.2, -0.15) is 0 Å². The van der Waals surface area contributed by atoms with E-state index in [1.54, 1.807) is 25.3 Å². The molecule has 2 aromatic rings. The maximum Gasteiger partial charge on any atom is 0.263 e. The molecule has 0 spiro atoms. The molecule has 0 saturated carbocycles. The average Bonchev–Trinajstić information content (AvgIpc) is 2.39. The van der Waals surface area contributed by atoms with Crippen LogP contribution in [-0.2, 0) is 21.4 Å². The van der Waals surface area contributed by atoms with Gasteiger partial charge in [0.05, 0.1) is 6.61 Å². The molecular weight excluding hydrogens is 278 g/mol. The normalized spacial score (nSPS) is 11.2. The minimum Gasteiger partial charge on any atom is -0.384 e. The van der Waals surface area contributed by atoms with Crippen LogP contribution >= 0.6 is 0 Å². The van der Waals surface area contributed by atoms with Crippen molar-refractivity contribution in [1.29, 1.82) is 0 Å². The van der Waals surface area contributed by atoms with Crippen molar-refractivity contribution in [2.75, 3.05) is 17.6 Å². The van der Waals surface area contributed by atoms with E-state index in [4.69, 9.17) is 10.5 Å². The number of hydrogen-bond donors (Lipinski definition) is 2. The van der Waals surface area contributed by atoms with Crippen LogP contribution in [-0.4, -0.2) is 20.5 Å². The monoisotopic (exact) mass is 293 g/mol. The molecule has 0 aliphatic heterocycles. The first-order chi connectivity index (χ1) is 9.51. The summed E-state index contributed by atoms with van der Waals surface area (Å²) in [6, 6.07) is 9.84. The molecular formula is C13H15N3O3S. The number of anilines is 2. The van der Waals surface area contributed by atoms with Gasteiger partial charge in [0.2, 0.25) is 0 Å². The number of pyridine rings is 1. The lowest BCUT2D eigenvalue weighted by Crippen LogP contribution is -2.13. The maximum absolute atomic E-state index is 12.2. The molecule has 0 unspecified atom stereocenters. The fourth-order valence-corrected chi connectivity index (χ4v) is 2.65. The summed E-state index contributed by atoms with van der Waals surface area (Å²) in [5.41, 5.74) is 6.78. The van der Waals surface area contributed by atoms with Crippen molar-refractivity contribution < 1.29 is 13.2 Å². The Labute approximate surface area is 117 Å². The van der Waals surface area contributed by atoms with Crippen LogP contribution in [0.25, 0.3) is 0 Å². The molecule has 0 aliphatic carbocycles. The number of nitrogens with two attached hydrogens (primary N) is 1. The van der Waals surface area contributed by atoms with E-state index in [0.29, 0.717) is 12.3 Å². The van der Waals surface area contributed by atoms with Gasteiger partial charge in [-0.3, -0.25) is 4.72 Å². The van der Waals surface area contributed by atoms with Gasteiger partial charge in [-0.1, -0.05) is 12.1 Å². The molecule has 0 fully saturated rings. The van der Waals surface area contributed by atoms with Gasteiger partial charge in [0, 0.05) is 19.0 Å². The first-order valence-corrected chi connectivity index (χ1v) is 7.32. The molecule has 6 nitrogen and oxygen atoms in total. The van der Waals surface area contributed by atoms with Crippen molar-refractivity contribution >= 4 is 21.5 Å². The Morgan fingerprint density at radius 3 is 2.75 bits per heavy atom. The van der Waals surface area contributed by atoms with Crippen LogP contribution in [0.5, 0.6) is 0 Å². The molecule has 0 bridgehead atoms. The highest BCUT2D eigenvalue weighted by Crippen LogP contribution is 2.17. The van der Waals surface area contributed by atoms with Gasteiger partial charge in [0.25, 0.3) is 10.0 Å². The highest BCUT2D eigenvalue weighted by atomic mass is 32.2. The molecule has 106 valence electrons. The largest absolute Gasteiger partial charge is 0.384 e. The van der Waals surface area contributed by atoms with Gasteiger partial charge in [0.1, 0.15) is 10.7 Å². The lowest BCUT2D eigenvalue weighted by atomic mass is 10.2. The predicted octanol–water partition coefficient (Wildman–Crippen LogP) is 1.61. The second-order valence-corrected chi connectivity index (χ2v) is 5.84. The van der Waals surface area contributed by atoms with E-state index in [2.05, 4.69) is 9.71 Å². The van der Waals surface area contributed by atoms with Crippen LogP contribution in [0.15, 0.2) is 47.5 Å². The van der Waals surface area contributed by atoms with Gasteiger partial charge in [-0.15, -0.1) is 0 Å². The predicted molar refractivity (Wildman–Crippen MR) is 76.6 cm³/mol. The van der Waals surface area contributed by atoms with Gasteiger partial charge < -0.3 is 10.5 Å². The zero-order chi connectivity index (χ0) is 14.6. The zero-order valence-electron chi connectivity index (χ0n) is 10.9. The Bertz CT molecular complexity index is 684. The topological polar surface area (TPSA) is 94.3 Å². The average molecular weight is 293 g/mol. The molecule has 1 heterocycles. The first kappa shape index (κ1) is 14.3. The summed E-state index contributed by atoms with van der Waals surface area (Å²) < 4.78 is 31.8. The van der Waals surface area contributed by atoms with Crippen molar-refractivity contribution in [2.24, 2.45) is 0 Å². The van der Waals surface area contributed by atoms with Crippen molar-refractivity contribution in [3.8, 4) is 0 Å². The van der Waals surface area contributed by atoms with Crippen molar-refractivity contribution in [3.05, 3.63) is 48.2 Å². The minimum absolute atomic E-state index is 0.0591. The highest BCUT2D eigenvalue weighted by Gasteiger charge is 2.14. The number of sulfonamides is 1. The number of aromatic nitrogens is 1. The van der Waals surface area contributed by atoms with Gasteiger partial charge in [0.15, 0.2) is 0 Å². The second-order valence-electron chi connectivity index (χ2n) is 4.16. The van der Waals surface area contributed by atoms with Crippen molar-refractivity contribution in [2.45, 2.75) is 11.5 Å². The summed E-state index contributed by atoms with van der Waals surface area (Å²) in [4.78, 5) is 3.83. The molecule has 20 heavy (non-hydrogen) atoms. The molecule has 2 rings (SSSR count). The number of nitrogens with zero attached hydrogens (tertiary/aromatic N) is 1. The molecule has 7 heteroatoms. The van der Waals surface area contributed by atoms with Crippen LogP contribution in [0.2, 0.25) is 0 Å². The zero-order valence-corrected chi connectivity index (χ0v) is 11.7. The fourth-order valence-electron chi connectivity index (χ4n) is 1.66. The van der Waals surface area contributed by atoms with Crippen LogP contribution < -0.4 is 10.5 Å². The number of benzene rings is 1. The third-order valence-corrected chi connectivity index (χ3v) is 3.93. The summed E-state index contributed by atoms with van der Waals surface area (Å²) in [7, 11) is -2.09. The molecule has 0 atom stereocenters. The van der Waals surface area contributed by atoms with E-state index in [1.807, 2.05) is 6.07 Å². The smallest absolute Gasteiger partial charge is 0.263 e. The third kappa shape index (κ3) is 3.46. The quantitative estimate of drug-likeness (QED) is 0.873. The maximum atomic E-state index is 12.2. The van der Waals surface area contributed by atoms with Gasteiger partial charge >= 0.3 is 0 Å². The second kappa shape index (κ2) is 5.89. The number of nitrogen functional groups attached to an aromatic ring is 1. The standard InChI is InChI=1S/C13H15N3O3S/c1-19-9-10-3-2-4-11(7-10)16-20(17,18)12-5-6-13(14)15-8-12/h2-8,16H,9H2,1H3,(H2,14,15). The van der Waals surface area contributed by atoms with E-state index in [9.17, 15) is 8.42 Å². The van der Waals surface area contributed by atoms with Gasteiger partial charge in [-0.05, 0) is 29.8 Å². The number of methoxy groups -OCH3 is 1. The number of rotatable bonds is 5. The molecule has 0 aliphatic rings. The Hall–Kier alpha value is -2.12. The summed E-state index contributed by atoms with van der Waals surface area (Å²) in [6.07, 6.45) is 1.22. The van der Waals surface area contributed by atoms with Crippen LogP contribution in [0.3, 0.4) is 0 Å². The third-order valence-electron chi connectivity index (χ3n) is 2.56. The summed E-state index contributed by atoms with van der Waals surface area (Å²) in [5.74, 6) is 0.269. The number of nitrogens with one attached hydrogen (secondary N) is 1. The SMILES string of the molecule is COCc1cccc(NS(=O)(=O)c2ccc(N)nc2)c1. The minimum atomic E-state index is -3.67. The van der Waals surface area contributed by atoms with E-state index < -0.39 is 10.0 Å². The molecule has 0 amide bonds. The van der Waals surface area contributed by atoms with E-state index in [0.717, 1.165) is 5.56 Å². The van der Waals surface area contributed by atoms with E-state index in [1.165, 1.54) is 18.3 Å². The molecule has 3 N–H and O–H groups in total. The number of hydrogen-bond acceptors (Lipinski definition) is 5. The van der Waals surface area contributed by atoms with Crippen LogP contribution in [0.4, 0.5) is 11.5 Å². The van der Waals surface area contributed by atoms with Crippen LogP contribution in [0.1, 0.15) is 5.56 Å². The summed E-state index contributed by atoms with van der Waals surface area (Å²) in [5, 5.41) is 0. The molecule has 0 saturated heterocycles. The van der Waals surface area contributed by atoms with Crippen molar-refractivity contribution in [1.82, 2.24) is 4.98 Å². The summed E-state index contributed by atoms with van der Waals surface area (Å²) >= 11 is 0. The van der Waals surface area contributed by atoms with Crippen molar-refractivity contribution in [3.63, 3.8) is 0 Å². The Kier molecular flexibility index (Phi) is 4.21. The lowest BCUT2D eigenvalue weighted by molar-refractivity contribution is 0.185. The summed E-state index contributed by atoms with van der Waals surface area (Å²) in [6.45, 7) is 0.416. The Morgan fingerprint density at radius 1 is 1.30 bits per heavy atom. The Morgan fingerprint density at radius 2 is 2.10 bits per heavy atom. The number of ether oxygens (including phenoxy) is 1. The first-order valence-electron chi connectivity index (χ1n) is 5.83. The molecule has 0 radical (unpaired) electrons. The molecule has 1 aromatic carbocycles. The van der Waals surface area contributed by atoms with Crippen LogP contribution in [0, 0.1) is 0 Å². The van der Waals surface area contributed by atoms with E-state index >= 15 is 0 Å². The van der Waals surface area contributed by atoms with Gasteiger partial charge in [-0.25, -0.2) is 13.4 Å². The highest BCUT2D eigenvalue weighted by molar-refractivity contribution is 7.92. The molecule has 1 aromatic heterocycles. The lowest BCUT2D eigenvalue weighted by Gasteiger charge is -2.09. The Balaban J connectivity index is 2.24. The fraction of sp³-hybridized carbons (Fsp3) is 0.154. The van der Waals surface area contributed by atoms with E-state index in [-0.39, 0.29) is 10.7 Å².